The highest BCUT2D eigenvalue weighted by molar-refractivity contribution is 6.02. The molecule has 7 heteroatoms. The van der Waals surface area contributed by atoms with Crippen LogP contribution in [0.2, 0.25) is 0 Å². The van der Waals surface area contributed by atoms with Crippen LogP contribution >= 0.6 is 0 Å². The van der Waals surface area contributed by atoms with Gasteiger partial charge in [0.2, 0.25) is 5.91 Å². The van der Waals surface area contributed by atoms with Crippen LogP contribution in [0.3, 0.4) is 0 Å². The summed E-state index contributed by atoms with van der Waals surface area (Å²) in [6.45, 7) is 3.08. The molecule has 3 heterocycles. The van der Waals surface area contributed by atoms with Crippen LogP contribution in [0.15, 0.2) is 61.2 Å². The molecule has 1 aliphatic heterocycles. The third-order valence-corrected chi connectivity index (χ3v) is 5.33. The molecule has 0 radical (unpaired) electrons. The molecule has 0 bridgehead atoms. The first kappa shape index (κ1) is 20.0. The number of likely N-dealkylation sites (tertiary alicyclic amines) is 1. The minimum absolute atomic E-state index is 0.199. The normalized spacial score (nSPS) is 16.9. The molecule has 154 valence electrons. The van der Waals surface area contributed by atoms with Crippen molar-refractivity contribution in [3.05, 3.63) is 72.3 Å². The number of H-pyrrole nitrogens is 1. The molecular weight excluding hydrogens is 378 g/mol. The van der Waals surface area contributed by atoms with E-state index in [0.717, 1.165) is 48.4 Å². The molecule has 1 aromatic carbocycles. The number of benzene rings is 1. The fourth-order valence-corrected chi connectivity index (χ4v) is 3.71. The number of carbonyl (C=O) groups is 1. The second kappa shape index (κ2) is 9.47. The summed E-state index contributed by atoms with van der Waals surface area (Å²) >= 11 is 0. The van der Waals surface area contributed by atoms with Gasteiger partial charge in [-0.25, -0.2) is 0 Å². The van der Waals surface area contributed by atoms with E-state index in [-0.39, 0.29) is 12.5 Å². The standard InChI is InChI=1S/C23H25N5O2/c29-16-18-8-10-28(15-18)14-17-1-4-21(5-2-17)27-23(30)6-3-19-11-24-9-7-22(19)20-12-25-26-13-20/h1-7,9,11-13,18,29H,8,10,14-16H2,(H,25,26)(H,27,30)/b6-3+. The zero-order valence-corrected chi connectivity index (χ0v) is 16.7. The molecule has 4 rings (SSSR count). The molecule has 0 spiro atoms. The van der Waals surface area contributed by atoms with Crippen molar-refractivity contribution >= 4 is 17.7 Å². The van der Waals surface area contributed by atoms with Gasteiger partial charge in [-0.3, -0.25) is 19.8 Å². The quantitative estimate of drug-likeness (QED) is 0.528. The number of anilines is 1. The molecule has 7 nitrogen and oxygen atoms in total. The lowest BCUT2D eigenvalue weighted by Crippen LogP contribution is -2.20. The fourth-order valence-electron chi connectivity index (χ4n) is 3.71. The van der Waals surface area contributed by atoms with Crippen molar-refractivity contribution in [1.29, 1.82) is 0 Å². The number of nitrogens with zero attached hydrogens (tertiary/aromatic N) is 3. The number of aliphatic hydroxyl groups is 1. The molecule has 30 heavy (non-hydrogen) atoms. The van der Waals surface area contributed by atoms with Gasteiger partial charge in [0.15, 0.2) is 0 Å². The molecule has 0 saturated carbocycles. The van der Waals surface area contributed by atoms with E-state index in [4.69, 9.17) is 0 Å². The highest BCUT2D eigenvalue weighted by Gasteiger charge is 2.21. The van der Waals surface area contributed by atoms with Gasteiger partial charge in [-0.05, 0) is 54.3 Å². The van der Waals surface area contributed by atoms with Crippen LogP contribution in [0.5, 0.6) is 0 Å². The van der Waals surface area contributed by atoms with Crippen LogP contribution in [0.25, 0.3) is 17.2 Å². The average molecular weight is 403 g/mol. The average Bonchev–Trinajstić information content (AvgIpc) is 3.46. The third kappa shape index (κ3) is 5.00. The van der Waals surface area contributed by atoms with E-state index >= 15 is 0 Å². The zero-order chi connectivity index (χ0) is 20.8. The summed E-state index contributed by atoms with van der Waals surface area (Å²) in [6, 6.07) is 9.79. The van der Waals surface area contributed by atoms with Crippen molar-refractivity contribution in [3.8, 4) is 11.1 Å². The van der Waals surface area contributed by atoms with Crippen molar-refractivity contribution in [2.45, 2.75) is 13.0 Å². The molecular formula is C23H25N5O2. The lowest BCUT2D eigenvalue weighted by Gasteiger charge is -2.15. The van der Waals surface area contributed by atoms with Crippen molar-refractivity contribution in [1.82, 2.24) is 20.1 Å². The zero-order valence-electron chi connectivity index (χ0n) is 16.7. The highest BCUT2D eigenvalue weighted by Crippen LogP contribution is 2.23. The molecule has 1 amide bonds. The van der Waals surface area contributed by atoms with Crippen LogP contribution in [0.4, 0.5) is 5.69 Å². The van der Waals surface area contributed by atoms with Crippen molar-refractivity contribution in [3.63, 3.8) is 0 Å². The van der Waals surface area contributed by atoms with Crippen LogP contribution in [-0.4, -0.2) is 50.8 Å². The first-order valence-corrected chi connectivity index (χ1v) is 10.1. The van der Waals surface area contributed by atoms with Crippen molar-refractivity contribution in [2.75, 3.05) is 25.0 Å². The Kier molecular flexibility index (Phi) is 6.32. The Balaban J connectivity index is 1.35. The number of rotatable bonds is 7. The van der Waals surface area contributed by atoms with Crippen molar-refractivity contribution in [2.24, 2.45) is 5.92 Å². The van der Waals surface area contributed by atoms with Gasteiger partial charge in [0.25, 0.3) is 0 Å². The second-order valence-corrected chi connectivity index (χ2v) is 7.54. The third-order valence-electron chi connectivity index (χ3n) is 5.33. The van der Waals surface area contributed by atoms with Gasteiger partial charge in [-0.15, -0.1) is 0 Å². The van der Waals surface area contributed by atoms with E-state index in [2.05, 4.69) is 25.4 Å². The molecule has 2 aromatic heterocycles. The van der Waals surface area contributed by atoms with E-state index in [0.29, 0.717) is 5.92 Å². The van der Waals surface area contributed by atoms with Gasteiger partial charge >= 0.3 is 0 Å². The molecule has 3 N–H and O–H groups in total. The highest BCUT2D eigenvalue weighted by atomic mass is 16.3. The van der Waals surface area contributed by atoms with Crippen LogP contribution < -0.4 is 5.32 Å². The number of hydrogen-bond acceptors (Lipinski definition) is 5. The van der Waals surface area contributed by atoms with E-state index in [9.17, 15) is 9.90 Å². The summed E-state index contributed by atoms with van der Waals surface area (Å²) in [5.74, 6) is 0.194. The first-order valence-electron chi connectivity index (χ1n) is 10.1. The molecule has 1 atom stereocenters. The predicted molar refractivity (Wildman–Crippen MR) is 116 cm³/mol. The Labute approximate surface area is 175 Å². The lowest BCUT2D eigenvalue weighted by molar-refractivity contribution is -0.111. The van der Waals surface area contributed by atoms with Gasteiger partial charge in [0.05, 0.1) is 6.20 Å². The number of amides is 1. The molecule has 3 aromatic rings. The number of nitrogens with one attached hydrogen (secondary N) is 2. The van der Waals surface area contributed by atoms with Crippen molar-refractivity contribution < 1.29 is 9.90 Å². The molecule has 1 unspecified atom stereocenters. The molecule has 0 aliphatic carbocycles. The molecule has 1 saturated heterocycles. The lowest BCUT2D eigenvalue weighted by atomic mass is 10.0. The number of hydrogen-bond donors (Lipinski definition) is 3. The van der Waals surface area contributed by atoms with E-state index in [1.807, 2.05) is 30.3 Å². The monoisotopic (exact) mass is 403 g/mol. The van der Waals surface area contributed by atoms with Crippen LogP contribution in [-0.2, 0) is 11.3 Å². The Bertz CT molecular complexity index is 999. The van der Waals surface area contributed by atoms with Gasteiger partial charge in [0.1, 0.15) is 0 Å². The van der Waals surface area contributed by atoms with Gasteiger partial charge in [-0.2, -0.15) is 5.10 Å². The summed E-state index contributed by atoms with van der Waals surface area (Å²) in [7, 11) is 0. The Hall–Kier alpha value is -3.29. The van der Waals surface area contributed by atoms with E-state index in [1.54, 1.807) is 30.9 Å². The predicted octanol–water partition coefficient (Wildman–Crippen LogP) is 2.94. The largest absolute Gasteiger partial charge is 0.396 e. The van der Waals surface area contributed by atoms with Crippen LogP contribution in [0.1, 0.15) is 17.5 Å². The number of aromatic nitrogens is 3. The topological polar surface area (TPSA) is 94.1 Å². The summed E-state index contributed by atoms with van der Waals surface area (Å²) in [6.07, 6.45) is 11.3. The maximum atomic E-state index is 12.3. The summed E-state index contributed by atoms with van der Waals surface area (Å²) in [5.41, 5.74) is 4.69. The Morgan fingerprint density at radius 3 is 2.87 bits per heavy atom. The second-order valence-electron chi connectivity index (χ2n) is 7.54. The minimum atomic E-state index is -0.199. The number of pyridine rings is 1. The van der Waals surface area contributed by atoms with Gasteiger partial charge < -0.3 is 10.4 Å². The number of aliphatic hydroxyl groups excluding tert-OH is 1. The summed E-state index contributed by atoms with van der Waals surface area (Å²) < 4.78 is 0. The first-order chi connectivity index (χ1) is 14.7. The maximum Gasteiger partial charge on any atom is 0.248 e. The Morgan fingerprint density at radius 2 is 2.13 bits per heavy atom. The number of carbonyl (C=O) groups excluding carboxylic acids is 1. The summed E-state index contributed by atoms with van der Waals surface area (Å²) in [5, 5.41) is 18.9. The van der Waals surface area contributed by atoms with E-state index < -0.39 is 0 Å². The number of aromatic amines is 1. The van der Waals surface area contributed by atoms with E-state index in [1.165, 1.54) is 11.6 Å². The fraction of sp³-hybridized carbons (Fsp3) is 0.261. The minimum Gasteiger partial charge on any atom is -0.396 e. The Morgan fingerprint density at radius 1 is 1.27 bits per heavy atom. The molecule has 1 fully saturated rings. The maximum absolute atomic E-state index is 12.3. The summed E-state index contributed by atoms with van der Waals surface area (Å²) in [4.78, 5) is 18.8. The smallest absolute Gasteiger partial charge is 0.248 e. The molecule has 1 aliphatic rings. The van der Waals surface area contributed by atoms with Gasteiger partial charge in [-0.1, -0.05) is 12.1 Å². The SMILES string of the molecule is O=C(/C=C/c1cnccc1-c1cn[nH]c1)Nc1ccc(CN2CCC(CO)C2)cc1. The van der Waals surface area contributed by atoms with Gasteiger partial charge in [0, 0.05) is 61.2 Å². The van der Waals surface area contributed by atoms with Crippen LogP contribution in [0, 0.1) is 5.92 Å².